The number of carbonyl (C=O) groups is 1. The fraction of sp³-hybridized carbons (Fsp3) is 0.714. The Morgan fingerprint density at radius 2 is 2.36 bits per heavy atom. The Bertz CT molecular complexity index is 162. The minimum atomic E-state index is -0.129. The maximum atomic E-state index is 10.9. The molecule has 1 amide bonds. The first kappa shape index (κ1) is 9.92. The second-order valence-electron chi connectivity index (χ2n) is 2.20. The van der Waals surface area contributed by atoms with Gasteiger partial charge in [-0.15, -0.1) is 0 Å². The van der Waals surface area contributed by atoms with Gasteiger partial charge >= 0.3 is 0 Å². The molecular weight excluding hydrogens is 144 g/mol. The highest BCUT2D eigenvalue weighted by Crippen LogP contribution is 1.90. The molecule has 4 nitrogen and oxygen atoms in total. The van der Waals surface area contributed by atoms with Crippen molar-refractivity contribution >= 4 is 5.91 Å². The maximum Gasteiger partial charge on any atom is 0.224 e. The molecule has 0 fully saturated rings. The van der Waals surface area contributed by atoms with E-state index in [0.717, 1.165) is 0 Å². The molecule has 0 aliphatic carbocycles. The molecule has 0 aromatic carbocycles. The van der Waals surface area contributed by atoms with Gasteiger partial charge in [-0.05, 0) is 0 Å². The van der Waals surface area contributed by atoms with Crippen molar-refractivity contribution < 1.29 is 9.90 Å². The molecule has 11 heavy (non-hydrogen) atoms. The van der Waals surface area contributed by atoms with Gasteiger partial charge in [-0.1, -0.05) is 0 Å². The zero-order valence-electron chi connectivity index (χ0n) is 6.58. The van der Waals surface area contributed by atoms with Crippen LogP contribution in [0, 0.1) is 11.3 Å². The molecule has 0 aliphatic rings. The summed E-state index contributed by atoms with van der Waals surface area (Å²) in [5.41, 5.74) is 0. The van der Waals surface area contributed by atoms with Crippen molar-refractivity contribution in [1.82, 2.24) is 4.90 Å². The number of amides is 1. The van der Waals surface area contributed by atoms with Crippen molar-refractivity contribution in [3.63, 3.8) is 0 Å². The summed E-state index contributed by atoms with van der Waals surface area (Å²) in [6.45, 7) is 0.311. The molecule has 0 saturated heterocycles. The number of hydrogen-bond donors (Lipinski definition) is 1. The minimum Gasteiger partial charge on any atom is -0.396 e. The highest BCUT2D eigenvalue weighted by atomic mass is 16.3. The summed E-state index contributed by atoms with van der Waals surface area (Å²) in [6.07, 6.45) is 0.482. The molecule has 0 aromatic rings. The molecule has 1 N–H and O–H groups in total. The smallest absolute Gasteiger partial charge is 0.224 e. The molecular formula is C7H12N2O2. The van der Waals surface area contributed by atoms with E-state index < -0.39 is 0 Å². The lowest BCUT2D eigenvalue weighted by molar-refractivity contribution is -0.130. The first-order valence-electron chi connectivity index (χ1n) is 3.44. The van der Waals surface area contributed by atoms with Crippen LogP contribution >= 0.6 is 0 Å². The van der Waals surface area contributed by atoms with Crippen LogP contribution in [-0.4, -0.2) is 36.1 Å². The normalized spacial score (nSPS) is 8.82. The third-order valence-electron chi connectivity index (χ3n) is 1.31. The van der Waals surface area contributed by atoms with Gasteiger partial charge < -0.3 is 10.0 Å². The number of aliphatic hydroxyl groups is 1. The second kappa shape index (κ2) is 5.69. The Labute approximate surface area is 66.0 Å². The SMILES string of the molecule is CN(CCC#N)C(=O)CCO. The van der Waals surface area contributed by atoms with Gasteiger partial charge in [0, 0.05) is 20.0 Å². The molecule has 0 aliphatic heterocycles. The molecule has 4 heteroatoms. The van der Waals surface area contributed by atoms with Crippen LogP contribution in [0.3, 0.4) is 0 Å². The zero-order chi connectivity index (χ0) is 8.69. The van der Waals surface area contributed by atoms with E-state index in [1.165, 1.54) is 4.90 Å². The molecule has 0 radical (unpaired) electrons. The van der Waals surface area contributed by atoms with E-state index in [9.17, 15) is 4.79 Å². The fourth-order valence-electron chi connectivity index (χ4n) is 0.629. The zero-order valence-corrected chi connectivity index (χ0v) is 6.58. The predicted octanol–water partition coefficient (Wildman–Crippen LogP) is -0.259. The van der Waals surface area contributed by atoms with Gasteiger partial charge in [-0.3, -0.25) is 4.79 Å². The lowest BCUT2D eigenvalue weighted by Crippen LogP contribution is -2.27. The van der Waals surface area contributed by atoms with Crippen LogP contribution in [0.4, 0.5) is 0 Å². The quantitative estimate of drug-likeness (QED) is 0.610. The molecule has 0 spiro atoms. The third kappa shape index (κ3) is 4.34. The molecule has 0 heterocycles. The Morgan fingerprint density at radius 1 is 1.73 bits per heavy atom. The minimum absolute atomic E-state index is 0.122. The largest absolute Gasteiger partial charge is 0.396 e. The monoisotopic (exact) mass is 156 g/mol. The van der Waals surface area contributed by atoms with E-state index in [4.69, 9.17) is 10.4 Å². The number of nitrogens with zero attached hydrogens (tertiary/aromatic N) is 2. The Kier molecular flexibility index (Phi) is 5.13. The van der Waals surface area contributed by atoms with Crippen LogP contribution in [0.15, 0.2) is 0 Å². The van der Waals surface area contributed by atoms with Gasteiger partial charge in [0.2, 0.25) is 5.91 Å². The van der Waals surface area contributed by atoms with E-state index >= 15 is 0 Å². The third-order valence-corrected chi connectivity index (χ3v) is 1.31. The molecule has 0 unspecified atom stereocenters. The molecule has 62 valence electrons. The average molecular weight is 156 g/mol. The first-order valence-corrected chi connectivity index (χ1v) is 3.44. The number of carbonyl (C=O) groups excluding carboxylic acids is 1. The molecule has 0 atom stereocenters. The highest BCUT2D eigenvalue weighted by molar-refractivity contribution is 5.75. The van der Waals surface area contributed by atoms with Gasteiger partial charge in [0.15, 0.2) is 0 Å². The van der Waals surface area contributed by atoms with E-state index in [1.807, 2.05) is 6.07 Å². The van der Waals surface area contributed by atoms with Crippen LogP contribution in [0.5, 0.6) is 0 Å². The van der Waals surface area contributed by atoms with Crippen LogP contribution in [0.2, 0.25) is 0 Å². The van der Waals surface area contributed by atoms with E-state index in [-0.39, 0.29) is 18.9 Å². The number of aliphatic hydroxyl groups excluding tert-OH is 1. The summed E-state index contributed by atoms with van der Waals surface area (Å²) in [7, 11) is 1.62. The first-order chi connectivity index (χ1) is 5.22. The van der Waals surface area contributed by atoms with Crippen LogP contribution in [0.1, 0.15) is 12.8 Å². The van der Waals surface area contributed by atoms with E-state index in [0.29, 0.717) is 13.0 Å². The van der Waals surface area contributed by atoms with Crippen LogP contribution in [0.25, 0.3) is 0 Å². The van der Waals surface area contributed by atoms with Crippen molar-refractivity contribution in [2.75, 3.05) is 20.2 Å². The molecule has 0 aromatic heterocycles. The van der Waals surface area contributed by atoms with Crippen LogP contribution < -0.4 is 0 Å². The summed E-state index contributed by atoms with van der Waals surface area (Å²) in [4.78, 5) is 12.3. The van der Waals surface area contributed by atoms with Gasteiger partial charge in [0.1, 0.15) is 0 Å². The maximum absolute atomic E-state index is 10.9. The molecule has 0 rings (SSSR count). The van der Waals surface area contributed by atoms with Gasteiger partial charge in [-0.2, -0.15) is 5.26 Å². The van der Waals surface area contributed by atoms with Gasteiger partial charge in [-0.25, -0.2) is 0 Å². The Balaban J connectivity index is 3.57. The number of nitriles is 1. The van der Waals surface area contributed by atoms with Gasteiger partial charge in [0.05, 0.1) is 19.1 Å². The van der Waals surface area contributed by atoms with Crippen molar-refractivity contribution in [2.24, 2.45) is 0 Å². The summed E-state index contributed by atoms with van der Waals surface area (Å²) < 4.78 is 0. The summed E-state index contributed by atoms with van der Waals surface area (Å²) in [6, 6.07) is 1.94. The Hall–Kier alpha value is -1.08. The lowest BCUT2D eigenvalue weighted by Gasteiger charge is -2.13. The highest BCUT2D eigenvalue weighted by Gasteiger charge is 2.05. The van der Waals surface area contributed by atoms with Crippen molar-refractivity contribution in [2.45, 2.75) is 12.8 Å². The molecule has 0 saturated carbocycles. The average Bonchev–Trinajstić information content (AvgIpc) is 2.00. The predicted molar refractivity (Wildman–Crippen MR) is 39.6 cm³/mol. The summed E-state index contributed by atoms with van der Waals surface area (Å²) in [5, 5.41) is 16.6. The topological polar surface area (TPSA) is 64.3 Å². The standard InChI is InChI=1S/C7H12N2O2/c1-9(5-2-4-8)7(11)3-6-10/h10H,2-3,5-6H2,1H3. The van der Waals surface area contributed by atoms with E-state index in [1.54, 1.807) is 7.05 Å². The molecule has 0 bridgehead atoms. The second-order valence-corrected chi connectivity index (χ2v) is 2.20. The van der Waals surface area contributed by atoms with E-state index in [2.05, 4.69) is 0 Å². The van der Waals surface area contributed by atoms with Gasteiger partial charge in [0.25, 0.3) is 0 Å². The summed E-state index contributed by atoms with van der Waals surface area (Å²) >= 11 is 0. The number of hydrogen-bond acceptors (Lipinski definition) is 3. The van der Waals surface area contributed by atoms with Crippen LogP contribution in [-0.2, 0) is 4.79 Å². The summed E-state index contributed by atoms with van der Waals surface area (Å²) in [5.74, 6) is -0.122. The van der Waals surface area contributed by atoms with Crippen molar-refractivity contribution in [1.29, 1.82) is 5.26 Å². The number of rotatable bonds is 4. The van der Waals surface area contributed by atoms with Crippen molar-refractivity contribution in [3.05, 3.63) is 0 Å². The fourth-order valence-corrected chi connectivity index (χ4v) is 0.629. The van der Waals surface area contributed by atoms with Crippen molar-refractivity contribution in [3.8, 4) is 6.07 Å². The lowest BCUT2D eigenvalue weighted by atomic mass is 10.3. The Morgan fingerprint density at radius 3 is 2.82 bits per heavy atom.